The maximum atomic E-state index is 12.5. The minimum atomic E-state index is -3.46. The molecule has 1 aromatic rings. The molecule has 1 fully saturated rings. The van der Waals surface area contributed by atoms with E-state index in [9.17, 15) is 13.2 Å². The second-order valence-corrected chi connectivity index (χ2v) is 8.96. The quantitative estimate of drug-likeness (QED) is 0.848. The summed E-state index contributed by atoms with van der Waals surface area (Å²) >= 11 is 0. The van der Waals surface area contributed by atoms with Crippen molar-refractivity contribution in [2.45, 2.75) is 64.8 Å². The zero-order valence-corrected chi connectivity index (χ0v) is 15.3. The Bertz CT molecular complexity index is 672. The Balaban J connectivity index is 2.11. The van der Waals surface area contributed by atoms with Crippen LogP contribution in [0.4, 0.5) is 0 Å². The van der Waals surface area contributed by atoms with E-state index in [0.29, 0.717) is 0 Å². The van der Waals surface area contributed by atoms with Crippen molar-refractivity contribution in [3.8, 4) is 0 Å². The van der Waals surface area contributed by atoms with Crippen molar-refractivity contribution in [3.63, 3.8) is 0 Å². The maximum absolute atomic E-state index is 12.5. The Morgan fingerprint density at radius 1 is 1.17 bits per heavy atom. The summed E-state index contributed by atoms with van der Waals surface area (Å²) in [6.07, 6.45) is 3.00. The van der Waals surface area contributed by atoms with Crippen LogP contribution in [0.3, 0.4) is 0 Å². The van der Waals surface area contributed by atoms with Crippen LogP contribution in [0.2, 0.25) is 0 Å². The van der Waals surface area contributed by atoms with Crippen LogP contribution in [0.25, 0.3) is 0 Å². The first-order valence-electron chi connectivity index (χ1n) is 8.27. The number of hydrogen-bond acceptors (Lipinski definition) is 3. The number of hydrogen-bond donors (Lipinski definition) is 0. The van der Waals surface area contributed by atoms with Crippen LogP contribution in [0.1, 0.15) is 49.8 Å². The van der Waals surface area contributed by atoms with Crippen molar-refractivity contribution in [2.75, 3.05) is 5.75 Å². The van der Waals surface area contributed by atoms with Gasteiger partial charge in [0, 0.05) is 12.1 Å². The van der Waals surface area contributed by atoms with Crippen LogP contribution in [0, 0.1) is 13.8 Å². The number of likely N-dealkylation sites (tertiary alicyclic amines) is 1. The SMILES string of the molecule is Cc1ccc(C)c(CS(=O)(=O)CC(=O)N2C(C)CCCC2C)c1. The van der Waals surface area contributed by atoms with Crippen molar-refractivity contribution in [1.29, 1.82) is 0 Å². The average Bonchev–Trinajstić information content (AvgIpc) is 2.41. The average molecular weight is 337 g/mol. The Hall–Kier alpha value is -1.36. The monoisotopic (exact) mass is 337 g/mol. The van der Waals surface area contributed by atoms with Crippen LogP contribution >= 0.6 is 0 Å². The first-order valence-corrected chi connectivity index (χ1v) is 10.1. The van der Waals surface area contributed by atoms with Crippen LogP contribution in [0.15, 0.2) is 18.2 Å². The molecule has 1 saturated heterocycles. The van der Waals surface area contributed by atoms with Gasteiger partial charge in [0.1, 0.15) is 5.75 Å². The van der Waals surface area contributed by atoms with Gasteiger partial charge >= 0.3 is 0 Å². The highest BCUT2D eigenvalue weighted by molar-refractivity contribution is 7.91. The summed E-state index contributed by atoms with van der Waals surface area (Å²) in [7, 11) is -3.46. The summed E-state index contributed by atoms with van der Waals surface area (Å²) in [6.45, 7) is 7.86. The van der Waals surface area contributed by atoms with Crippen LogP contribution in [-0.2, 0) is 20.4 Å². The normalized spacial score (nSPS) is 22.2. The lowest BCUT2D eigenvalue weighted by molar-refractivity contribution is -0.134. The number of piperidine rings is 1. The Labute approximate surface area is 139 Å². The first kappa shape index (κ1) is 18.0. The molecule has 1 heterocycles. The predicted octanol–water partition coefficient (Wildman–Crippen LogP) is 3.01. The van der Waals surface area contributed by atoms with E-state index in [4.69, 9.17) is 0 Å². The number of carbonyl (C=O) groups excluding carboxylic acids is 1. The number of nitrogens with zero attached hydrogens (tertiary/aromatic N) is 1. The highest BCUT2D eigenvalue weighted by Gasteiger charge is 2.31. The molecule has 0 bridgehead atoms. The van der Waals surface area contributed by atoms with Gasteiger partial charge < -0.3 is 4.90 Å². The topological polar surface area (TPSA) is 54.5 Å². The minimum absolute atomic E-state index is 0.0666. The number of benzene rings is 1. The lowest BCUT2D eigenvalue weighted by atomic mass is 9.98. The summed E-state index contributed by atoms with van der Waals surface area (Å²) in [5.74, 6) is -0.715. The molecule has 2 rings (SSSR count). The molecule has 2 atom stereocenters. The van der Waals surface area contributed by atoms with Crippen molar-refractivity contribution in [3.05, 3.63) is 34.9 Å². The molecule has 1 aliphatic heterocycles. The summed E-state index contributed by atoms with van der Waals surface area (Å²) in [6, 6.07) is 6.04. The molecule has 128 valence electrons. The second kappa shape index (κ2) is 7.04. The van der Waals surface area contributed by atoms with Gasteiger partial charge in [-0.2, -0.15) is 0 Å². The molecule has 0 spiro atoms. The molecule has 0 N–H and O–H groups in total. The molecular weight excluding hydrogens is 310 g/mol. The van der Waals surface area contributed by atoms with Gasteiger partial charge in [0.05, 0.1) is 5.75 Å². The van der Waals surface area contributed by atoms with Gasteiger partial charge in [-0.15, -0.1) is 0 Å². The molecule has 1 amide bonds. The van der Waals surface area contributed by atoms with Crippen LogP contribution < -0.4 is 0 Å². The van der Waals surface area contributed by atoms with Crippen molar-refractivity contribution in [1.82, 2.24) is 4.90 Å². The summed E-state index contributed by atoms with van der Waals surface area (Å²) in [4.78, 5) is 14.3. The largest absolute Gasteiger partial charge is 0.336 e. The van der Waals surface area contributed by atoms with E-state index < -0.39 is 15.6 Å². The molecule has 0 aliphatic carbocycles. The highest BCUT2D eigenvalue weighted by Crippen LogP contribution is 2.23. The zero-order chi connectivity index (χ0) is 17.2. The third kappa shape index (κ3) is 4.56. The minimum Gasteiger partial charge on any atom is -0.336 e. The van der Waals surface area contributed by atoms with Gasteiger partial charge in [0.15, 0.2) is 9.84 Å². The molecule has 0 saturated carbocycles. The molecular formula is C18H27NO3S. The third-order valence-corrected chi connectivity index (χ3v) is 6.14. The molecule has 1 aliphatic rings. The van der Waals surface area contributed by atoms with Gasteiger partial charge in [-0.1, -0.05) is 23.8 Å². The van der Waals surface area contributed by atoms with Gasteiger partial charge in [-0.25, -0.2) is 8.42 Å². The Morgan fingerprint density at radius 3 is 2.39 bits per heavy atom. The summed E-state index contributed by atoms with van der Waals surface area (Å²) in [5.41, 5.74) is 2.77. The van der Waals surface area contributed by atoms with Crippen LogP contribution in [0.5, 0.6) is 0 Å². The van der Waals surface area contributed by atoms with E-state index >= 15 is 0 Å². The summed E-state index contributed by atoms with van der Waals surface area (Å²) < 4.78 is 25.0. The van der Waals surface area contributed by atoms with Crippen LogP contribution in [-0.4, -0.2) is 37.1 Å². The molecule has 4 nitrogen and oxygen atoms in total. The number of amides is 1. The molecule has 1 aromatic carbocycles. The van der Waals surface area contributed by atoms with Gasteiger partial charge in [-0.3, -0.25) is 4.79 Å². The summed E-state index contributed by atoms with van der Waals surface area (Å²) in [5, 5.41) is 0. The fraction of sp³-hybridized carbons (Fsp3) is 0.611. The lowest BCUT2D eigenvalue weighted by Gasteiger charge is -2.39. The lowest BCUT2D eigenvalue weighted by Crippen LogP contribution is -2.49. The predicted molar refractivity (Wildman–Crippen MR) is 93.0 cm³/mol. The molecule has 5 heteroatoms. The van der Waals surface area contributed by atoms with E-state index in [1.54, 1.807) is 4.90 Å². The maximum Gasteiger partial charge on any atom is 0.238 e. The van der Waals surface area contributed by atoms with Gasteiger partial charge in [-0.05, 0) is 58.1 Å². The fourth-order valence-corrected chi connectivity index (χ4v) is 4.83. The molecule has 0 radical (unpaired) electrons. The fourth-order valence-electron chi connectivity index (χ4n) is 3.42. The standard InChI is InChI=1S/C18H27NO3S/c1-13-8-9-14(2)17(10-13)11-23(21,22)12-18(20)19-15(3)6-5-7-16(19)4/h8-10,15-16H,5-7,11-12H2,1-4H3. The molecule has 0 aromatic heterocycles. The van der Waals surface area contributed by atoms with E-state index in [1.807, 2.05) is 45.9 Å². The van der Waals surface area contributed by atoms with Gasteiger partial charge in [0.25, 0.3) is 0 Å². The van der Waals surface area contributed by atoms with E-state index in [0.717, 1.165) is 36.0 Å². The van der Waals surface area contributed by atoms with Gasteiger partial charge in [0.2, 0.25) is 5.91 Å². The Kier molecular flexibility index (Phi) is 5.50. The first-order chi connectivity index (χ1) is 10.7. The molecule has 2 unspecified atom stereocenters. The van der Waals surface area contributed by atoms with Crippen molar-refractivity contribution >= 4 is 15.7 Å². The Morgan fingerprint density at radius 2 is 1.78 bits per heavy atom. The van der Waals surface area contributed by atoms with E-state index in [-0.39, 0.29) is 23.7 Å². The van der Waals surface area contributed by atoms with Crippen molar-refractivity contribution < 1.29 is 13.2 Å². The number of sulfone groups is 1. The highest BCUT2D eigenvalue weighted by atomic mass is 32.2. The van der Waals surface area contributed by atoms with E-state index in [2.05, 4.69) is 0 Å². The smallest absolute Gasteiger partial charge is 0.238 e. The second-order valence-electron chi connectivity index (χ2n) is 6.89. The van der Waals surface area contributed by atoms with E-state index in [1.165, 1.54) is 0 Å². The molecule has 23 heavy (non-hydrogen) atoms. The van der Waals surface area contributed by atoms with Crippen molar-refractivity contribution in [2.24, 2.45) is 0 Å². The number of rotatable bonds is 4. The number of aryl methyl sites for hydroxylation is 2. The zero-order valence-electron chi connectivity index (χ0n) is 14.5. The third-order valence-electron chi connectivity index (χ3n) is 4.70. The number of carbonyl (C=O) groups is 1.